The maximum absolute atomic E-state index is 13.0. The van der Waals surface area contributed by atoms with Gasteiger partial charge in [-0.15, -0.1) is 0 Å². The minimum Gasteiger partial charge on any atom is -0.495 e. The summed E-state index contributed by atoms with van der Waals surface area (Å²) in [6.45, 7) is 8.12. The number of amides is 1. The fourth-order valence-corrected chi connectivity index (χ4v) is 7.27. The molecule has 3 aliphatic rings. The second-order valence-corrected chi connectivity index (χ2v) is 12.8. The maximum atomic E-state index is 13.0. The average molecular weight is 599 g/mol. The van der Waals surface area contributed by atoms with E-state index in [9.17, 15) is 20.3 Å². The molecule has 3 heterocycles. The molecule has 1 aromatic heterocycles. The van der Waals surface area contributed by atoms with Crippen LogP contribution in [0.4, 0.5) is 4.79 Å². The van der Waals surface area contributed by atoms with Crippen molar-refractivity contribution in [1.82, 2.24) is 14.8 Å². The van der Waals surface area contributed by atoms with E-state index in [1.165, 1.54) is 13.3 Å². The molecule has 2 aliphatic heterocycles. The molecule has 10 heteroatoms. The lowest BCUT2D eigenvalue weighted by molar-refractivity contribution is -0.152. The van der Waals surface area contributed by atoms with E-state index in [0.29, 0.717) is 60.9 Å². The second-order valence-electron chi connectivity index (χ2n) is 12.8. The van der Waals surface area contributed by atoms with E-state index >= 15 is 0 Å². The van der Waals surface area contributed by atoms with Crippen LogP contribution in [0.15, 0.2) is 67.0 Å². The number of hydrogen-bond acceptors (Lipinski definition) is 9. The molecule has 2 fully saturated rings. The van der Waals surface area contributed by atoms with Crippen molar-refractivity contribution >= 4 is 6.09 Å². The predicted octanol–water partition coefficient (Wildman–Crippen LogP) is 3.76. The Morgan fingerprint density at radius 2 is 1.77 bits per heavy atom. The summed E-state index contributed by atoms with van der Waals surface area (Å²) in [4.78, 5) is 20.9. The number of piperazine rings is 1. The Hall–Kier alpha value is -4.17. The monoisotopic (exact) mass is 598 g/mol. The number of methoxy groups -OCH3 is 1. The topological polar surface area (TPSA) is 128 Å². The van der Waals surface area contributed by atoms with E-state index in [-0.39, 0.29) is 6.09 Å². The molecule has 5 atom stereocenters. The van der Waals surface area contributed by atoms with Crippen LogP contribution in [0, 0.1) is 17.2 Å². The summed E-state index contributed by atoms with van der Waals surface area (Å²) in [5.41, 5.74) is -1.63. The number of fused-ring (bicyclic) bond motifs is 3. The van der Waals surface area contributed by atoms with Crippen LogP contribution in [0.2, 0.25) is 0 Å². The standard InChI is InChI=1S/C34H38N4O6/c1-32(2,3)44-31(40)38-16-14-37(15-17-38)21-25-28(23-8-6-5-7-9-23)34(24-12-10-22(18-35)11-13-24)33(41,30(25)39)29-26(42-4)19-36-20-27(29)43-34/h5-13,19-20,25,28,30,39,41H,14-17,21H2,1-4H3/t25?,28-,30-,33+,34+/m1/s1. The van der Waals surface area contributed by atoms with Crippen LogP contribution in [-0.2, 0) is 15.9 Å². The Labute approximate surface area is 257 Å². The number of rotatable bonds is 5. The van der Waals surface area contributed by atoms with Gasteiger partial charge in [0.25, 0.3) is 0 Å². The quantitative estimate of drug-likeness (QED) is 0.451. The lowest BCUT2D eigenvalue weighted by Gasteiger charge is -2.41. The summed E-state index contributed by atoms with van der Waals surface area (Å²) in [7, 11) is 1.50. The first-order valence-electron chi connectivity index (χ1n) is 14.9. The fourth-order valence-electron chi connectivity index (χ4n) is 7.27. The molecule has 2 N–H and O–H groups in total. The molecule has 0 spiro atoms. The van der Waals surface area contributed by atoms with Crippen LogP contribution >= 0.6 is 0 Å². The van der Waals surface area contributed by atoms with Crippen molar-refractivity contribution in [3.63, 3.8) is 0 Å². The van der Waals surface area contributed by atoms with Crippen molar-refractivity contribution in [2.24, 2.45) is 5.92 Å². The molecular formula is C34H38N4O6. The van der Waals surface area contributed by atoms with E-state index in [2.05, 4.69) is 16.0 Å². The Morgan fingerprint density at radius 1 is 1.09 bits per heavy atom. The molecule has 44 heavy (non-hydrogen) atoms. The number of ether oxygens (including phenoxy) is 3. The summed E-state index contributed by atoms with van der Waals surface area (Å²) < 4.78 is 18.1. The molecule has 230 valence electrons. The maximum Gasteiger partial charge on any atom is 0.410 e. The van der Waals surface area contributed by atoms with E-state index in [0.717, 1.165) is 5.56 Å². The Bertz CT molecular complexity index is 1560. The smallest absolute Gasteiger partial charge is 0.410 e. The van der Waals surface area contributed by atoms with Crippen LogP contribution < -0.4 is 9.47 Å². The average Bonchev–Trinajstić information content (AvgIpc) is 3.39. The number of nitriles is 1. The summed E-state index contributed by atoms with van der Waals surface area (Å²) in [6, 6.07) is 18.9. The highest BCUT2D eigenvalue weighted by atomic mass is 16.6. The number of carbonyl (C=O) groups excluding carboxylic acids is 1. The predicted molar refractivity (Wildman–Crippen MR) is 161 cm³/mol. The van der Waals surface area contributed by atoms with Gasteiger partial charge in [-0.1, -0.05) is 42.5 Å². The lowest BCUT2D eigenvalue weighted by atomic mass is 9.70. The van der Waals surface area contributed by atoms with Crippen molar-refractivity contribution in [2.45, 2.75) is 49.6 Å². The van der Waals surface area contributed by atoms with E-state index in [1.54, 1.807) is 35.4 Å². The summed E-state index contributed by atoms with van der Waals surface area (Å²) in [5.74, 6) is -0.353. The number of aliphatic hydroxyl groups excluding tert-OH is 1. The van der Waals surface area contributed by atoms with Gasteiger partial charge in [-0.3, -0.25) is 9.88 Å². The minimum atomic E-state index is -1.92. The molecule has 6 rings (SSSR count). The normalized spacial score (nSPS) is 28.0. The molecule has 1 saturated heterocycles. The van der Waals surface area contributed by atoms with Gasteiger partial charge in [0.1, 0.15) is 17.1 Å². The molecule has 0 radical (unpaired) electrons. The van der Waals surface area contributed by atoms with E-state index < -0.39 is 34.7 Å². The number of aromatic nitrogens is 1. The van der Waals surface area contributed by atoms with Crippen molar-refractivity contribution in [2.75, 3.05) is 39.8 Å². The number of pyridine rings is 1. The zero-order chi connectivity index (χ0) is 31.3. The molecule has 1 unspecified atom stereocenters. The van der Waals surface area contributed by atoms with Gasteiger partial charge >= 0.3 is 6.09 Å². The van der Waals surface area contributed by atoms with Gasteiger partial charge in [0, 0.05) is 44.6 Å². The van der Waals surface area contributed by atoms with Crippen LogP contribution in [0.25, 0.3) is 0 Å². The van der Waals surface area contributed by atoms with Gasteiger partial charge < -0.3 is 29.3 Å². The number of aliphatic hydroxyl groups is 2. The van der Waals surface area contributed by atoms with Crippen molar-refractivity contribution in [1.29, 1.82) is 5.26 Å². The van der Waals surface area contributed by atoms with Gasteiger partial charge in [-0.25, -0.2) is 4.79 Å². The zero-order valence-corrected chi connectivity index (χ0v) is 25.4. The van der Waals surface area contributed by atoms with Gasteiger partial charge in [0.2, 0.25) is 0 Å². The lowest BCUT2D eigenvalue weighted by Crippen LogP contribution is -2.52. The zero-order valence-electron chi connectivity index (χ0n) is 25.4. The number of carbonyl (C=O) groups is 1. The van der Waals surface area contributed by atoms with Crippen LogP contribution in [0.1, 0.15) is 48.9 Å². The molecule has 1 amide bonds. The molecule has 3 aromatic rings. The van der Waals surface area contributed by atoms with Crippen LogP contribution in [0.5, 0.6) is 11.5 Å². The largest absolute Gasteiger partial charge is 0.495 e. The number of benzene rings is 2. The van der Waals surface area contributed by atoms with Crippen molar-refractivity contribution in [3.05, 3.63) is 89.2 Å². The Kier molecular flexibility index (Phi) is 7.52. The van der Waals surface area contributed by atoms with Gasteiger partial charge in [-0.05, 0) is 44.0 Å². The summed E-state index contributed by atoms with van der Waals surface area (Å²) in [6.07, 6.45) is 1.45. The number of hydrogen-bond donors (Lipinski definition) is 2. The third kappa shape index (κ3) is 4.67. The highest BCUT2D eigenvalue weighted by molar-refractivity contribution is 5.68. The fraction of sp³-hybridized carbons (Fsp3) is 0.441. The van der Waals surface area contributed by atoms with Gasteiger partial charge in [-0.2, -0.15) is 5.26 Å². The molecule has 1 aliphatic carbocycles. The molecular weight excluding hydrogens is 560 g/mol. The highest BCUT2D eigenvalue weighted by Gasteiger charge is 2.76. The number of nitrogens with zero attached hydrogens (tertiary/aromatic N) is 4. The van der Waals surface area contributed by atoms with Crippen LogP contribution in [0.3, 0.4) is 0 Å². The van der Waals surface area contributed by atoms with Crippen molar-refractivity contribution in [3.8, 4) is 17.6 Å². The summed E-state index contributed by atoms with van der Waals surface area (Å²) in [5, 5.41) is 34.9. The summed E-state index contributed by atoms with van der Waals surface area (Å²) >= 11 is 0. The Morgan fingerprint density at radius 3 is 2.39 bits per heavy atom. The van der Waals surface area contributed by atoms with Crippen molar-refractivity contribution < 1.29 is 29.2 Å². The molecule has 0 bridgehead atoms. The highest BCUT2D eigenvalue weighted by Crippen LogP contribution is 2.69. The van der Waals surface area contributed by atoms with Gasteiger partial charge in [0.15, 0.2) is 11.2 Å². The first-order chi connectivity index (χ1) is 21.0. The van der Waals surface area contributed by atoms with E-state index in [1.807, 2.05) is 51.1 Å². The first-order valence-corrected chi connectivity index (χ1v) is 14.9. The van der Waals surface area contributed by atoms with Gasteiger partial charge in [0.05, 0.1) is 42.8 Å². The van der Waals surface area contributed by atoms with Crippen LogP contribution in [-0.4, -0.2) is 82.6 Å². The SMILES string of the molecule is COc1cncc2c1[C@]1(O)[C@H](O)C(CN3CCN(C(=O)OC(C)(C)C)CC3)[C@@H](c3ccccc3)[C@]1(c1ccc(C#N)cc1)O2. The molecule has 10 nitrogen and oxygen atoms in total. The third-order valence-corrected chi connectivity index (χ3v) is 9.11. The Balaban J connectivity index is 1.43. The van der Waals surface area contributed by atoms with E-state index in [4.69, 9.17) is 14.2 Å². The molecule has 2 aromatic carbocycles. The minimum absolute atomic E-state index is 0.318. The first kappa shape index (κ1) is 29.9. The second kappa shape index (κ2) is 11.1. The third-order valence-electron chi connectivity index (χ3n) is 9.11. The molecule has 1 saturated carbocycles.